The third-order valence-corrected chi connectivity index (χ3v) is 4.74. The number of hydrogen-bond donors (Lipinski definition) is 1. The van der Waals surface area contributed by atoms with Gasteiger partial charge in [0.05, 0.1) is 6.04 Å². The highest BCUT2D eigenvalue weighted by atomic mass is 16.6. The van der Waals surface area contributed by atoms with Gasteiger partial charge in [-0.3, -0.25) is 0 Å². The maximum Gasteiger partial charge on any atom is 0.410 e. The molecule has 1 fully saturated rings. The predicted octanol–water partition coefficient (Wildman–Crippen LogP) is 2.38. The normalized spacial score (nSPS) is 22.6. The summed E-state index contributed by atoms with van der Waals surface area (Å²) in [6.45, 7) is 9.33. The minimum absolute atomic E-state index is 0.187. The Kier molecular flexibility index (Phi) is 4.91. The zero-order chi connectivity index (χ0) is 18.2. The van der Waals surface area contributed by atoms with E-state index >= 15 is 0 Å². The predicted molar refractivity (Wildman–Crippen MR) is 96.9 cm³/mol. The van der Waals surface area contributed by atoms with E-state index in [1.54, 1.807) is 0 Å². The number of carbonyl (C=O) groups is 1. The number of aryl methyl sites for hydroxylation is 1. The first-order valence-corrected chi connectivity index (χ1v) is 9.14. The number of hydrogen-bond acceptors (Lipinski definition) is 5. The van der Waals surface area contributed by atoms with Gasteiger partial charge in [0, 0.05) is 31.4 Å². The summed E-state index contributed by atoms with van der Waals surface area (Å²) in [4.78, 5) is 21.5. The number of pyridine rings is 1. The second-order valence-electron chi connectivity index (χ2n) is 8.11. The van der Waals surface area contributed by atoms with Crippen LogP contribution in [0.1, 0.15) is 45.4 Å². The first kappa shape index (κ1) is 18.0. The molecule has 2 aliphatic heterocycles. The summed E-state index contributed by atoms with van der Waals surface area (Å²) in [5.41, 5.74) is 1.80. The van der Waals surface area contributed by atoms with Crippen molar-refractivity contribution in [3.8, 4) is 0 Å². The minimum Gasteiger partial charge on any atom is -0.444 e. The summed E-state index contributed by atoms with van der Waals surface area (Å²) < 4.78 is 5.54. The van der Waals surface area contributed by atoms with Gasteiger partial charge in [-0.2, -0.15) is 0 Å². The molecule has 1 aromatic rings. The van der Waals surface area contributed by atoms with Crippen LogP contribution in [0.2, 0.25) is 0 Å². The lowest BCUT2D eigenvalue weighted by atomic mass is 10.1. The largest absolute Gasteiger partial charge is 0.444 e. The number of rotatable bonds is 3. The lowest BCUT2D eigenvalue weighted by Crippen LogP contribution is -2.58. The van der Waals surface area contributed by atoms with Gasteiger partial charge in [0.2, 0.25) is 0 Å². The third kappa shape index (κ3) is 3.89. The van der Waals surface area contributed by atoms with Gasteiger partial charge in [0.25, 0.3) is 0 Å². The van der Waals surface area contributed by atoms with E-state index in [1.807, 2.05) is 25.7 Å². The summed E-state index contributed by atoms with van der Waals surface area (Å²) in [7, 11) is 0. The van der Waals surface area contributed by atoms with E-state index in [4.69, 9.17) is 14.8 Å². The molecule has 0 aliphatic carbocycles. The van der Waals surface area contributed by atoms with Crippen LogP contribution in [0.5, 0.6) is 0 Å². The molecule has 3 heterocycles. The molecule has 6 heteroatoms. The maximum atomic E-state index is 12.4. The summed E-state index contributed by atoms with van der Waals surface area (Å²) in [6, 6.07) is 4.67. The van der Waals surface area contributed by atoms with Crippen molar-refractivity contribution >= 4 is 11.9 Å². The maximum absolute atomic E-state index is 12.4. The van der Waals surface area contributed by atoms with Crippen molar-refractivity contribution in [1.82, 2.24) is 9.88 Å². The van der Waals surface area contributed by atoms with Crippen LogP contribution in [0, 0.1) is 0 Å². The smallest absolute Gasteiger partial charge is 0.410 e. The Labute approximate surface area is 149 Å². The number of aromatic nitrogens is 1. The molecule has 6 nitrogen and oxygen atoms in total. The Bertz CT molecular complexity index is 641. The van der Waals surface area contributed by atoms with E-state index in [0.717, 1.165) is 30.8 Å². The molecule has 25 heavy (non-hydrogen) atoms. The van der Waals surface area contributed by atoms with E-state index in [9.17, 15) is 4.79 Å². The second-order valence-corrected chi connectivity index (χ2v) is 8.11. The van der Waals surface area contributed by atoms with Crippen molar-refractivity contribution in [1.29, 1.82) is 0 Å². The van der Waals surface area contributed by atoms with Gasteiger partial charge < -0.3 is 19.6 Å². The van der Waals surface area contributed by atoms with Crippen LogP contribution < -0.4 is 4.90 Å². The first-order valence-electron chi connectivity index (χ1n) is 9.14. The molecule has 2 aliphatic rings. The Balaban J connectivity index is 1.74. The van der Waals surface area contributed by atoms with E-state index in [1.165, 1.54) is 5.56 Å². The number of fused-ring (bicyclic) bond motifs is 3. The Hall–Kier alpha value is -1.82. The molecule has 138 valence electrons. The van der Waals surface area contributed by atoms with Crippen molar-refractivity contribution in [2.45, 2.75) is 64.6 Å². The molecule has 3 rings (SSSR count). The molecular weight excluding hydrogens is 318 g/mol. The van der Waals surface area contributed by atoms with Crippen LogP contribution in [0.15, 0.2) is 12.1 Å². The van der Waals surface area contributed by atoms with Gasteiger partial charge in [-0.1, -0.05) is 6.07 Å². The zero-order valence-electron chi connectivity index (χ0n) is 15.7. The van der Waals surface area contributed by atoms with E-state index in [-0.39, 0.29) is 24.8 Å². The second kappa shape index (κ2) is 6.83. The molecule has 0 spiro atoms. The van der Waals surface area contributed by atoms with Gasteiger partial charge in [-0.05, 0) is 58.6 Å². The molecule has 0 unspecified atom stereocenters. The number of aliphatic hydroxyl groups excluding tert-OH is 1. The molecule has 0 aromatic carbocycles. The van der Waals surface area contributed by atoms with Gasteiger partial charge >= 0.3 is 6.09 Å². The first-order chi connectivity index (χ1) is 11.8. The highest BCUT2D eigenvalue weighted by molar-refractivity contribution is 5.69. The third-order valence-electron chi connectivity index (χ3n) is 4.74. The highest BCUT2D eigenvalue weighted by Crippen LogP contribution is 2.35. The number of piperazine rings is 1. The Morgan fingerprint density at radius 2 is 2.12 bits per heavy atom. The van der Waals surface area contributed by atoms with Crippen molar-refractivity contribution in [2.75, 3.05) is 24.6 Å². The van der Waals surface area contributed by atoms with Crippen LogP contribution in [0.3, 0.4) is 0 Å². The lowest BCUT2D eigenvalue weighted by molar-refractivity contribution is 0.0191. The fraction of sp³-hybridized carbons (Fsp3) is 0.684. The molecule has 0 saturated carbocycles. The SMILES string of the molecule is C[C@@H]1CN(C(=O)OC(C)(C)C)C[C@H]2Cc3ccc(CCCO)nc3N21. The van der Waals surface area contributed by atoms with E-state index in [0.29, 0.717) is 13.1 Å². The number of ether oxygens (including phenoxy) is 1. The zero-order valence-corrected chi connectivity index (χ0v) is 15.7. The molecule has 1 saturated heterocycles. The molecule has 1 aromatic heterocycles. The standard InChI is InChI=1S/C19H29N3O3/c1-13-11-21(18(24)25-19(2,3)4)12-16-10-14-7-8-15(6-5-9-23)20-17(14)22(13)16/h7-8,13,16,23H,5-6,9-12H2,1-4H3/t13-,16-/m1/s1. The fourth-order valence-corrected chi connectivity index (χ4v) is 3.76. The van der Waals surface area contributed by atoms with Crippen LogP contribution in [-0.2, 0) is 17.6 Å². The van der Waals surface area contributed by atoms with Crippen molar-refractivity contribution in [2.24, 2.45) is 0 Å². The average Bonchev–Trinajstić information content (AvgIpc) is 2.89. The molecule has 2 atom stereocenters. The van der Waals surface area contributed by atoms with Crippen LogP contribution in [-0.4, -0.2) is 58.5 Å². The number of amides is 1. The highest BCUT2D eigenvalue weighted by Gasteiger charge is 2.41. The number of anilines is 1. The molecule has 0 bridgehead atoms. The average molecular weight is 347 g/mol. The van der Waals surface area contributed by atoms with Crippen molar-refractivity contribution in [3.05, 3.63) is 23.4 Å². The van der Waals surface area contributed by atoms with E-state index < -0.39 is 5.60 Å². The van der Waals surface area contributed by atoms with E-state index in [2.05, 4.69) is 24.0 Å². The monoisotopic (exact) mass is 347 g/mol. The van der Waals surface area contributed by atoms with Crippen LogP contribution in [0.4, 0.5) is 10.6 Å². The van der Waals surface area contributed by atoms with Crippen LogP contribution >= 0.6 is 0 Å². The summed E-state index contributed by atoms with van der Waals surface area (Å²) in [5.74, 6) is 1.05. The Morgan fingerprint density at radius 3 is 2.80 bits per heavy atom. The summed E-state index contributed by atoms with van der Waals surface area (Å²) in [5, 5.41) is 9.02. The number of carbonyl (C=O) groups excluding carboxylic acids is 1. The molecular formula is C19H29N3O3. The number of nitrogens with zero attached hydrogens (tertiary/aromatic N) is 3. The summed E-state index contributed by atoms with van der Waals surface area (Å²) >= 11 is 0. The lowest BCUT2D eigenvalue weighted by Gasteiger charge is -2.43. The van der Waals surface area contributed by atoms with Crippen molar-refractivity contribution < 1.29 is 14.6 Å². The van der Waals surface area contributed by atoms with Gasteiger partial charge in [-0.15, -0.1) is 0 Å². The van der Waals surface area contributed by atoms with Gasteiger partial charge in [0.15, 0.2) is 0 Å². The van der Waals surface area contributed by atoms with Gasteiger partial charge in [-0.25, -0.2) is 9.78 Å². The quantitative estimate of drug-likeness (QED) is 0.909. The minimum atomic E-state index is -0.473. The number of aliphatic hydroxyl groups is 1. The summed E-state index contributed by atoms with van der Waals surface area (Å²) in [6.07, 6.45) is 2.20. The van der Waals surface area contributed by atoms with Gasteiger partial charge in [0.1, 0.15) is 11.4 Å². The molecule has 0 radical (unpaired) electrons. The van der Waals surface area contributed by atoms with Crippen LogP contribution in [0.25, 0.3) is 0 Å². The molecule has 1 N–H and O–H groups in total. The Morgan fingerprint density at radius 1 is 1.36 bits per heavy atom. The molecule has 1 amide bonds. The van der Waals surface area contributed by atoms with Crippen molar-refractivity contribution in [3.63, 3.8) is 0 Å². The topological polar surface area (TPSA) is 65.9 Å². The fourth-order valence-electron chi connectivity index (χ4n) is 3.76.